The largest absolute Gasteiger partial charge is 0.480 e. The monoisotopic (exact) mass is 920 g/mol. The highest BCUT2D eigenvalue weighted by Crippen LogP contribution is 2.06. The molecule has 2 rings (SSSR count). The molecule has 2 aliphatic rings. The highest BCUT2D eigenvalue weighted by atomic mass is 16.4. The summed E-state index contributed by atoms with van der Waals surface area (Å²) >= 11 is 0. The van der Waals surface area contributed by atoms with Gasteiger partial charge in [0, 0.05) is 131 Å². The minimum atomic E-state index is -1.10. The Balaban J connectivity index is 2.24. The van der Waals surface area contributed by atoms with E-state index in [4.69, 9.17) is 0 Å². The van der Waals surface area contributed by atoms with Gasteiger partial charge >= 0.3 is 35.8 Å². The molecule has 2 heterocycles. The number of aliphatic hydroxyl groups is 2. The van der Waals surface area contributed by atoms with Gasteiger partial charge in [0.25, 0.3) is 0 Å². The smallest absolute Gasteiger partial charge is 0.317 e. The van der Waals surface area contributed by atoms with Crippen LogP contribution < -0.4 is 0 Å². The van der Waals surface area contributed by atoms with E-state index in [2.05, 4.69) is 0 Å². The Morgan fingerprint density at radius 2 is 0.438 bits per heavy atom. The zero-order chi connectivity index (χ0) is 47.6. The van der Waals surface area contributed by atoms with Gasteiger partial charge in [-0.3, -0.25) is 77.6 Å². The molecule has 2 saturated heterocycles. The molecule has 0 saturated carbocycles. The molecule has 0 aromatic carbocycles. The summed E-state index contributed by atoms with van der Waals surface area (Å²) in [7, 11) is 0. The zero-order valence-electron chi connectivity index (χ0n) is 36.5. The van der Waals surface area contributed by atoms with Gasteiger partial charge in [-0.25, -0.2) is 0 Å². The molecule has 0 unspecified atom stereocenters. The lowest BCUT2D eigenvalue weighted by atomic mass is 10.3. The number of rotatable bonds is 23. The average Bonchev–Trinajstić information content (AvgIpc) is 3.19. The fourth-order valence-corrected chi connectivity index (χ4v) is 7.36. The van der Waals surface area contributed by atoms with E-state index in [1.807, 2.05) is 0 Å². The van der Waals surface area contributed by atoms with Gasteiger partial charge in [0.05, 0.1) is 65.6 Å². The van der Waals surface area contributed by atoms with E-state index in [0.717, 1.165) is 0 Å². The number of aliphatic carboxylic acids is 6. The third-order valence-corrected chi connectivity index (χ3v) is 10.8. The predicted octanol–water partition coefficient (Wildman–Crippen LogP) is -6.42. The SMILES string of the molecule is O=C(O)CN1CCN(CC(=O)O)CCN(CC(=O)N(CCO)CCN(CCO)C(=O)CN2CCN(CC(=O)O)CCN(CC(=O)O)CCN(CC(=O)O)CC2)CCN(CC(=O)O)CC1. The number of carboxylic acid groups (broad SMARTS) is 6. The van der Waals surface area contributed by atoms with E-state index < -0.39 is 60.8 Å². The summed E-state index contributed by atoms with van der Waals surface area (Å²) < 4.78 is 0. The third-order valence-electron chi connectivity index (χ3n) is 10.8. The molecule has 26 nitrogen and oxygen atoms in total. The lowest BCUT2D eigenvalue weighted by Gasteiger charge is -2.34. The van der Waals surface area contributed by atoms with Crippen molar-refractivity contribution in [3.05, 3.63) is 0 Å². The number of carboxylic acids is 6. The van der Waals surface area contributed by atoms with Crippen LogP contribution in [-0.4, -0.2) is 334 Å². The van der Waals surface area contributed by atoms with Crippen molar-refractivity contribution in [3.63, 3.8) is 0 Å². The van der Waals surface area contributed by atoms with E-state index in [1.165, 1.54) is 9.80 Å². The standard InChI is InChI=1S/C38H68N10O16/c49-21-19-47(31(51)23-39-1-5-41(25-33(53)54)9-13-45(29-37(61)62)14-10-42(6-2-39)26-34(55)56)17-18-48(20-22-50)32(52)24-40-3-7-43(27-35(57)58)11-15-46(30-38(63)64)16-12-44(8-4-40)28-36(59)60/h49-50H,1-30H2,(H,53,54)(H,55,56)(H,57,58)(H,59,60)(H,61,62)(H,63,64). The van der Waals surface area contributed by atoms with Crippen LogP contribution in [0.2, 0.25) is 0 Å². The number of nitrogens with zero attached hydrogens (tertiary/aromatic N) is 10. The number of hydrogen-bond acceptors (Lipinski definition) is 18. The lowest BCUT2D eigenvalue weighted by Crippen LogP contribution is -2.52. The number of hydrogen-bond donors (Lipinski definition) is 8. The molecule has 0 aliphatic carbocycles. The Kier molecular flexibility index (Phi) is 26.4. The van der Waals surface area contributed by atoms with Crippen LogP contribution in [-0.2, 0) is 38.4 Å². The van der Waals surface area contributed by atoms with Crippen molar-refractivity contribution >= 4 is 47.6 Å². The quantitative estimate of drug-likeness (QED) is 0.0472. The van der Waals surface area contributed by atoms with Gasteiger partial charge in [-0.15, -0.1) is 0 Å². The van der Waals surface area contributed by atoms with Crippen molar-refractivity contribution in [2.75, 3.05) is 196 Å². The van der Waals surface area contributed by atoms with Gasteiger partial charge in [0.1, 0.15) is 0 Å². The second-order valence-corrected chi connectivity index (χ2v) is 15.8. The van der Waals surface area contributed by atoms with Crippen LogP contribution in [0.5, 0.6) is 0 Å². The molecule has 366 valence electrons. The second-order valence-electron chi connectivity index (χ2n) is 15.8. The number of amides is 2. The Bertz CT molecular complexity index is 1340. The van der Waals surface area contributed by atoms with Crippen LogP contribution in [0.15, 0.2) is 0 Å². The maximum atomic E-state index is 13.9. The first kappa shape index (κ1) is 55.5. The van der Waals surface area contributed by atoms with E-state index in [9.17, 15) is 79.2 Å². The molecule has 0 radical (unpaired) electrons. The van der Waals surface area contributed by atoms with E-state index in [-0.39, 0.29) is 183 Å². The maximum absolute atomic E-state index is 13.9. The molecular weight excluding hydrogens is 852 g/mol. The first-order valence-electron chi connectivity index (χ1n) is 21.2. The van der Waals surface area contributed by atoms with Crippen LogP contribution in [0, 0.1) is 0 Å². The molecule has 64 heavy (non-hydrogen) atoms. The van der Waals surface area contributed by atoms with E-state index in [0.29, 0.717) is 0 Å². The van der Waals surface area contributed by atoms with Crippen LogP contribution in [0.25, 0.3) is 0 Å². The van der Waals surface area contributed by atoms with Crippen LogP contribution in [0.3, 0.4) is 0 Å². The summed E-state index contributed by atoms with van der Waals surface area (Å²) in [6, 6.07) is 0. The molecule has 2 aliphatic heterocycles. The summed E-state index contributed by atoms with van der Waals surface area (Å²) in [5.41, 5.74) is 0. The molecule has 0 aromatic rings. The molecule has 8 N–H and O–H groups in total. The maximum Gasteiger partial charge on any atom is 0.317 e. The van der Waals surface area contributed by atoms with E-state index in [1.54, 1.807) is 39.2 Å². The zero-order valence-corrected chi connectivity index (χ0v) is 36.5. The van der Waals surface area contributed by atoms with Gasteiger partial charge in [0.2, 0.25) is 11.8 Å². The number of carbonyl (C=O) groups excluding carboxylic acids is 2. The van der Waals surface area contributed by atoms with Crippen molar-refractivity contribution in [2.45, 2.75) is 0 Å². The normalized spacial score (nSPS) is 18.7. The van der Waals surface area contributed by atoms with Gasteiger partial charge in [-0.1, -0.05) is 0 Å². The minimum Gasteiger partial charge on any atom is -0.480 e. The third kappa shape index (κ3) is 24.4. The first-order chi connectivity index (χ1) is 30.4. The highest BCUT2D eigenvalue weighted by molar-refractivity contribution is 5.79. The summed E-state index contributed by atoms with van der Waals surface area (Å²) in [6.45, 7) is -0.566. The fraction of sp³-hybridized carbons (Fsp3) is 0.789. The van der Waals surface area contributed by atoms with E-state index >= 15 is 0 Å². The minimum absolute atomic E-state index is 0.0553. The Morgan fingerprint density at radius 1 is 0.281 bits per heavy atom. The molecule has 2 fully saturated rings. The summed E-state index contributed by atoms with van der Waals surface area (Å²) in [5, 5.41) is 76.9. The Morgan fingerprint density at radius 3 is 0.578 bits per heavy atom. The van der Waals surface area contributed by atoms with Crippen molar-refractivity contribution in [1.82, 2.24) is 49.0 Å². The van der Waals surface area contributed by atoms with Crippen molar-refractivity contribution in [1.29, 1.82) is 0 Å². The van der Waals surface area contributed by atoms with Gasteiger partial charge < -0.3 is 50.7 Å². The summed E-state index contributed by atoms with van der Waals surface area (Å²) in [4.78, 5) is 113. The lowest BCUT2D eigenvalue weighted by molar-refractivity contribution is -0.141. The predicted molar refractivity (Wildman–Crippen MR) is 225 cm³/mol. The average molecular weight is 921 g/mol. The van der Waals surface area contributed by atoms with Crippen molar-refractivity contribution in [2.24, 2.45) is 0 Å². The summed E-state index contributed by atoms with van der Waals surface area (Å²) in [6.07, 6.45) is 0. The van der Waals surface area contributed by atoms with Crippen molar-refractivity contribution in [3.8, 4) is 0 Å². The molecule has 0 spiro atoms. The molecule has 2 amide bonds. The molecular formula is C38H68N10O16. The summed E-state index contributed by atoms with van der Waals surface area (Å²) in [5.74, 6) is -7.45. The molecule has 0 aromatic heterocycles. The first-order valence-corrected chi connectivity index (χ1v) is 21.2. The molecule has 0 bridgehead atoms. The van der Waals surface area contributed by atoms with Gasteiger partial charge in [0.15, 0.2) is 0 Å². The van der Waals surface area contributed by atoms with Crippen LogP contribution in [0.1, 0.15) is 0 Å². The van der Waals surface area contributed by atoms with Gasteiger partial charge in [-0.2, -0.15) is 0 Å². The Labute approximate surface area is 371 Å². The molecule has 26 heteroatoms. The second kappa shape index (κ2) is 30.5. The Hall–Kier alpha value is -4.64. The van der Waals surface area contributed by atoms with Crippen LogP contribution in [0.4, 0.5) is 0 Å². The number of carbonyl (C=O) groups is 8. The van der Waals surface area contributed by atoms with Gasteiger partial charge in [-0.05, 0) is 0 Å². The van der Waals surface area contributed by atoms with Crippen LogP contribution >= 0.6 is 0 Å². The molecule has 0 atom stereocenters. The highest BCUT2D eigenvalue weighted by Gasteiger charge is 2.26. The fourth-order valence-electron chi connectivity index (χ4n) is 7.36. The van der Waals surface area contributed by atoms with Crippen molar-refractivity contribution < 1.29 is 79.2 Å². The number of aliphatic hydroxyl groups excluding tert-OH is 2. The topological polar surface area (TPSA) is 331 Å².